The van der Waals surface area contributed by atoms with E-state index in [0.717, 1.165) is 14.5 Å². The molecule has 1 atom stereocenters. The number of nitrogens with one attached hydrogen (secondary N) is 1. The molecule has 0 amide bonds. The fourth-order valence-corrected chi connectivity index (χ4v) is 2.86. The van der Waals surface area contributed by atoms with E-state index in [2.05, 4.69) is 47.2 Å². The lowest BCUT2D eigenvalue weighted by Crippen LogP contribution is -2.29. The van der Waals surface area contributed by atoms with Crippen LogP contribution in [0.25, 0.3) is 0 Å². The maximum absolute atomic E-state index is 5.56. The first-order valence-corrected chi connectivity index (χ1v) is 5.62. The summed E-state index contributed by atoms with van der Waals surface area (Å²) in [5.41, 5.74) is 6.66. The molecule has 0 fully saturated rings. The third-order valence-electron chi connectivity index (χ3n) is 2.01. The second-order valence-corrected chi connectivity index (χ2v) is 4.65. The minimum atomic E-state index is 0.127. The number of hydrogen-bond donors (Lipinski definition) is 2. The Balaban J connectivity index is 2.33. The lowest BCUT2D eigenvalue weighted by molar-refractivity contribution is 0.699. The van der Waals surface area contributed by atoms with Crippen molar-refractivity contribution in [2.24, 2.45) is 10.7 Å². The molecule has 0 spiro atoms. The SMILES string of the molecule is NC1=NCC(c2c(Br)cncc2Br)N1. The summed E-state index contributed by atoms with van der Waals surface area (Å²) in [7, 11) is 0. The number of guanidine groups is 1. The molecule has 1 aromatic heterocycles. The van der Waals surface area contributed by atoms with Gasteiger partial charge in [0.15, 0.2) is 5.96 Å². The number of pyridine rings is 1. The lowest BCUT2D eigenvalue weighted by atomic mass is 10.1. The molecule has 6 heteroatoms. The van der Waals surface area contributed by atoms with Crippen LogP contribution in [-0.4, -0.2) is 17.5 Å². The van der Waals surface area contributed by atoms with Crippen LogP contribution in [0, 0.1) is 0 Å². The predicted molar refractivity (Wildman–Crippen MR) is 62.0 cm³/mol. The first-order valence-electron chi connectivity index (χ1n) is 4.04. The minimum Gasteiger partial charge on any atom is -0.370 e. The molecular formula is C8H8Br2N4. The Hall–Kier alpha value is -0.620. The largest absolute Gasteiger partial charge is 0.370 e. The number of hydrogen-bond acceptors (Lipinski definition) is 4. The highest BCUT2D eigenvalue weighted by atomic mass is 79.9. The second-order valence-electron chi connectivity index (χ2n) is 2.94. The van der Waals surface area contributed by atoms with Crippen LogP contribution >= 0.6 is 31.9 Å². The van der Waals surface area contributed by atoms with Crippen molar-refractivity contribution < 1.29 is 0 Å². The van der Waals surface area contributed by atoms with Gasteiger partial charge in [0.05, 0.1) is 12.6 Å². The molecule has 0 saturated carbocycles. The smallest absolute Gasteiger partial charge is 0.189 e. The molecule has 1 unspecified atom stereocenters. The molecule has 14 heavy (non-hydrogen) atoms. The normalized spacial score (nSPS) is 20.4. The summed E-state index contributed by atoms with van der Waals surface area (Å²) in [6, 6.07) is 0.127. The van der Waals surface area contributed by atoms with Crippen LogP contribution < -0.4 is 11.1 Å². The van der Waals surface area contributed by atoms with Crippen LogP contribution in [0.15, 0.2) is 26.3 Å². The van der Waals surface area contributed by atoms with Crippen molar-refractivity contribution in [2.75, 3.05) is 6.54 Å². The van der Waals surface area contributed by atoms with Gasteiger partial charge in [-0.3, -0.25) is 9.98 Å². The number of nitrogens with two attached hydrogens (primary N) is 1. The monoisotopic (exact) mass is 318 g/mol. The number of halogens is 2. The summed E-state index contributed by atoms with van der Waals surface area (Å²) in [4.78, 5) is 8.14. The summed E-state index contributed by atoms with van der Waals surface area (Å²) in [5.74, 6) is 0.491. The molecule has 0 radical (unpaired) electrons. The van der Waals surface area contributed by atoms with Crippen molar-refractivity contribution in [1.82, 2.24) is 10.3 Å². The molecule has 4 nitrogen and oxygen atoms in total. The average Bonchev–Trinajstić information content (AvgIpc) is 2.51. The number of aliphatic imine (C=N–C) groups is 1. The Morgan fingerprint density at radius 3 is 2.50 bits per heavy atom. The summed E-state index contributed by atoms with van der Waals surface area (Å²) in [6.45, 7) is 0.660. The van der Waals surface area contributed by atoms with E-state index < -0.39 is 0 Å². The lowest BCUT2D eigenvalue weighted by Gasteiger charge is -2.14. The van der Waals surface area contributed by atoms with E-state index in [-0.39, 0.29) is 6.04 Å². The highest BCUT2D eigenvalue weighted by molar-refractivity contribution is 9.11. The van der Waals surface area contributed by atoms with Gasteiger partial charge in [0.1, 0.15) is 0 Å². The highest BCUT2D eigenvalue weighted by Gasteiger charge is 2.21. The van der Waals surface area contributed by atoms with Crippen molar-refractivity contribution in [3.05, 3.63) is 26.9 Å². The van der Waals surface area contributed by atoms with E-state index in [0.29, 0.717) is 12.5 Å². The molecule has 74 valence electrons. The molecule has 2 rings (SSSR count). The zero-order valence-corrected chi connectivity index (χ0v) is 10.3. The van der Waals surface area contributed by atoms with Crippen molar-refractivity contribution in [3.63, 3.8) is 0 Å². The van der Waals surface area contributed by atoms with E-state index in [1.807, 2.05) is 0 Å². The molecule has 0 bridgehead atoms. The molecule has 0 aliphatic carbocycles. The third-order valence-corrected chi connectivity index (χ3v) is 3.27. The van der Waals surface area contributed by atoms with Gasteiger partial charge in [-0.15, -0.1) is 0 Å². The van der Waals surface area contributed by atoms with Crippen LogP contribution in [0.5, 0.6) is 0 Å². The average molecular weight is 320 g/mol. The van der Waals surface area contributed by atoms with Crippen LogP contribution in [0.4, 0.5) is 0 Å². The number of rotatable bonds is 1. The van der Waals surface area contributed by atoms with Crippen LogP contribution in [-0.2, 0) is 0 Å². The Kier molecular flexibility index (Phi) is 2.73. The molecule has 2 heterocycles. The van der Waals surface area contributed by atoms with Crippen LogP contribution in [0.1, 0.15) is 11.6 Å². The van der Waals surface area contributed by atoms with Crippen molar-refractivity contribution in [2.45, 2.75) is 6.04 Å². The van der Waals surface area contributed by atoms with Gasteiger partial charge in [0.2, 0.25) is 0 Å². The number of aromatic nitrogens is 1. The fraction of sp³-hybridized carbons (Fsp3) is 0.250. The topological polar surface area (TPSA) is 63.3 Å². The van der Waals surface area contributed by atoms with E-state index in [9.17, 15) is 0 Å². The van der Waals surface area contributed by atoms with E-state index >= 15 is 0 Å². The Morgan fingerprint density at radius 2 is 2.00 bits per heavy atom. The van der Waals surface area contributed by atoms with Gasteiger partial charge < -0.3 is 11.1 Å². The third kappa shape index (κ3) is 1.76. The van der Waals surface area contributed by atoms with E-state index in [4.69, 9.17) is 5.73 Å². The molecule has 0 saturated heterocycles. The van der Waals surface area contributed by atoms with Gasteiger partial charge in [-0.1, -0.05) is 0 Å². The zero-order valence-electron chi connectivity index (χ0n) is 7.17. The molecule has 1 aliphatic heterocycles. The van der Waals surface area contributed by atoms with Crippen molar-refractivity contribution in [3.8, 4) is 0 Å². The van der Waals surface area contributed by atoms with Gasteiger partial charge in [-0.25, -0.2) is 0 Å². The summed E-state index contributed by atoms with van der Waals surface area (Å²) in [5, 5.41) is 3.09. The summed E-state index contributed by atoms with van der Waals surface area (Å²) < 4.78 is 1.91. The zero-order chi connectivity index (χ0) is 10.1. The molecule has 0 aromatic carbocycles. The van der Waals surface area contributed by atoms with Gasteiger partial charge in [-0.05, 0) is 31.9 Å². The van der Waals surface area contributed by atoms with Crippen LogP contribution in [0.2, 0.25) is 0 Å². The van der Waals surface area contributed by atoms with Crippen LogP contribution in [0.3, 0.4) is 0 Å². The number of nitrogens with zero attached hydrogens (tertiary/aromatic N) is 2. The standard InChI is InChI=1S/C8H8Br2N4/c9-4-1-12-2-5(10)7(4)6-3-13-8(11)14-6/h1-2,6H,3H2,(H3,11,13,14). The van der Waals surface area contributed by atoms with E-state index in [1.54, 1.807) is 12.4 Å². The molecule has 3 N–H and O–H groups in total. The quantitative estimate of drug-likeness (QED) is 0.826. The molecule has 1 aromatic rings. The van der Waals surface area contributed by atoms with Gasteiger partial charge >= 0.3 is 0 Å². The van der Waals surface area contributed by atoms with Crippen molar-refractivity contribution in [1.29, 1.82) is 0 Å². The maximum atomic E-state index is 5.56. The predicted octanol–water partition coefficient (Wildman–Crippen LogP) is 1.57. The summed E-state index contributed by atoms with van der Waals surface area (Å²) >= 11 is 6.91. The summed E-state index contributed by atoms with van der Waals surface area (Å²) in [6.07, 6.45) is 3.52. The first kappa shape index (κ1) is 9.92. The molecular weight excluding hydrogens is 312 g/mol. The fourth-order valence-electron chi connectivity index (χ4n) is 1.38. The van der Waals surface area contributed by atoms with Gasteiger partial charge in [0, 0.05) is 26.9 Å². The second kappa shape index (κ2) is 3.86. The van der Waals surface area contributed by atoms with Gasteiger partial charge in [-0.2, -0.15) is 0 Å². The maximum Gasteiger partial charge on any atom is 0.189 e. The minimum absolute atomic E-state index is 0.127. The van der Waals surface area contributed by atoms with Crippen molar-refractivity contribution >= 4 is 37.8 Å². The highest BCUT2D eigenvalue weighted by Crippen LogP contribution is 2.31. The Labute approximate surface area is 98.3 Å². The Bertz CT molecular complexity index is 371. The van der Waals surface area contributed by atoms with E-state index in [1.165, 1.54) is 0 Å². The Morgan fingerprint density at radius 1 is 1.36 bits per heavy atom. The van der Waals surface area contributed by atoms with Gasteiger partial charge in [0.25, 0.3) is 0 Å². The first-order chi connectivity index (χ1) is 6.68. The molecule has 1 aliphatic rings.